The lowest BCUT2D eigenvalue weighted by molar-refractivity contribution is 0.0985. The number of urea groups is 1. The van der Waals surface area contributed by atoms with Gasteiger partial charge < -0.3 is 15.0 Å². The number of sulfone groups is 1. The van der Waals surface area contributed by atoms with Crippen LogP contribution in [0, 0.1) is 0 Å². The van der Waals surface area contributed by atoms with Gasteiger partial charge in [0.15, 0.2) is 15.7 Å². The Kier molecular flexibility index (Phi) is 7.18. The summed E-state index contributed by atoms with van der Waals surface area (Å²) in [6.45, 7) is 7.07. The molecule has 3 aromatic rings. The van der Waals surface area contributed by atoms with Crippen molar-refractivity contribution in [3.8, 4) is 11.4 Å². The van der Waals surface area contributed by atoms with Crippen LogP contribution in [-0.4, -0.2) is 66.4 Å². The predicted molar refractivity (Wildman–Crippen MR) is 138 cm³/mol. The lowest BCUT2D eigenvalue weighted by Gasteiger charge is -2.35. The highest BCUT2D eigenvalue weighted by Crippen LogP contribution is 2.32. The van der Waals surface area contributed by atoms with E-state index < -0.39 is 20.6 Å². The highest BCUT2D eigenvalue weighted by molar-refractivity contribution is 7.91. The number of nitrogens with one attached hydrogen (secondary N) is 2. The fraction of sp³-hybridized carbons (Fsp3) is 0.375. The van der Waals surface area contributed by atoms with Gasteiger partial charge >= 0.3 is 6.03 Å². The number of amides is 2. The second-order valence-electron chi connectivity index (χ2n) is 9.06. The minimum Gasteiger partial charge on any atom is -0.377 e. The van der Waals surface area contributed by atoms with Gasteiger partial charge in [-0.1, -0.05) is 0 Å². The van der Waals surface area contributed by atoms with Crippen molar-refractivity contribution in [3.05, 3.63) is 54.5 Å². The third-order valence-electron chi connectivity index (χ3n) is 6.11. The highest BCUT2D eigenvalue weighted by Gasteiger charge is 2.35. The van der Waals surface area contributed by atoms with Crippen molar-refractivity contribution < 1.29 is 17.9 Å². The van der Waals surface area contributed by atoms with Gasteiger partial charge in [0, 0.05) is 42.5 Å². The van der Waals surface area contributed by atoms with E-state index in [-0.39, 0.29) is 12.0 Å². The molecule has 1 saturated heterocycles. The summed E-state index contributed by atoms with van der Waals surface area (Å²) in [5, 5.41) is 5.27. The maximum atomic E-state index is 12.6. The zero-order chi connectivity index (χ0) is 25.9. The molecule has 0 saturated carbocycles. The van der Waals surface area contributed by atoms with E-state index in [9.17, 15) is 13.2 Å². The molecular formula is C24H29N7O4S. The van der Waals surface area contributed by atoms with Crippen LogP contribution in [0.5, 0.6) is 0 Å². The van der Waals surface area contributed by atoms with Crippen molar-refractivity contribution in [2.75, 3.05) is 41.5 Å². The van der Waals surface area contributed by atoms with Crippen LogP contribution in [-0.2, 0) is 19.3 Å². The topological polar surface area (TPSA) is 139 Å². The number of carbonyl (C=O) groups is 1. The quantitative estimate of drug-likeness (QED) is 0.511. The zero-order valence-corrected chi connectivity index (χ0v) is 21.4. The molecule has 11 nitrogen and oxygen atoms in total. The lowest BCUT2D eigenvalue weighted by atomic mass is 10.1. The molecule has 36 heavy (non-hydrogen) atoms. The second kappa shape index (κ2) is 10.2. The third kappa shape index (κ3) is 5.60. The second-order valence-corrected chi connectivity index (χ2v) is 11.6. The lowest BCUT2D eigenvalue weighted by Crippen LogP contribution is -2.44. The molecule has 190 valence electrons. The average Bonchev–Trinajstić information content (AvgIpc) is 2.84. The molecule has 1 aliphatic rings. The van der Waals surface area contributed by atoms with Crippen molar-refractivity contribution in [2.45, 2.75) is 31.6 Å². The summed E-state index contributed by atoms with van der Waals surface area (Å²) >= 11 is 0. The highest BCUT2D eigenvalue weighted by atomic mass is 32.2. The van der Waals surface area contributed by atoms with Crippen LogP contribution in [0.2, 0.25) is 0 Å². The molecule has 12 heteroatoms. The summed E-state index contributed by atoms with van der Waals surface area (Å²) in [6, 6.07) is 9.98. The van der Waals surface area contributed by atoms with Crippen molar-refractivity contribution >= 4 is 33.3 Å². The SMILES string of the molecule is C[C@H]1COCCN1c1cc(C(C)(C)S(C)(=O)=O)nc(-c2ccc(NC(=O)Nc3ncccn3)cc2)n1. The molecule has 1 aliphatic heterocycles. The van der Waals surface area contributed by atoms with Crippen LogP contribution in [0.15, 0.2) is 48.8 Å². The number of rotatable bonds is 6. The van der Waals surface area contributed by atoms with Gasteiger partial charge in [-0.3, -0.25) is 5.32 Å². The normalized spacial score (nSPS) is 16.4. The number of anilines is 3. The summed E-state index contributed by atoms with van der Waals surface area (Å²) in [6.07, 6.45) is 4.27. The first-order valence-electron chi connectivity index (χ1n) is 11.4. The first-order valence-corrected chi connectivity index (χ1v) is 13.3. The molecule has 1 atom stereocenters. The van der Waals surface area contributed by atoms with Crippen LogP contribution in [0.4, 0.5) is 22.2 Å². The van der Waals surface area contributed by atoms with E-state index in [1.54, 1.807) is 50.2 Å². The first-order chi connectivity index (χ1) is 17.0. The maximum Gasteiger partial charge on any atom is 0.326 e. The maximum absolute atomic E-state index is 12.6. The number of benzene rings is 1. The Hall–Kier alpha value is -3.64. The number of aromatic nitrogens is 4. The standard InChI is InChI=1S/C24H29N7O4S/c1-16-15-35-13-12-31(16)20-14-19(24(2,3)36(4,33)34)28-21(29-20)17-6-8-18(9-7-17)27-23(32)30-22-25-10-5-11-26-22/h5-11,14,16H,12-13,15H2,1-4H3,(H2,25,26,27,30,32)/t16-/m0/s1. The molecule has 1 fully saturated rings. The van der Waals surface area contributed by atoms with Crippen molar-refractivity contribution in [3.63, 3.8) is 0 Å². The molecule has 1 aromatic carbocycles. The van der Waals surface area contributed by atoms with Gasteiger partial charge in [-0.05, 0) is 51.1 Å². The van der Waals surface area contributed by atoms with Crippen LogP contribution in [0.1, 0.15) is 26.5 Å². The summed E-state index contributed by atoms with van der Waals surface area (Å²) < 4.78 is 29.5. The molecule has 0 aliphatic carbocycles. The van der Waals surface area contributed by atoms with Crippen molar-refractivity contribution in [1.29, 1.82) is 0 Å². The van der Waals surface area contributed by atoms with Gasteiger partial charge in [0.2, 0.25) is 5.95 Å². The fourth-order valence-electron chi connectivity index (χ4n) is 3.61. The van der Waals surface area contributed by atoms with Gasteiger partial charge in [0.1, 0.15) is 10.6 Å². The Morgan fingerprint density at radius 1 is 1.11 bits per heavy atom. The minimum absolute atomic E-state index is 0.0781. The Morgan fingerprint density at radius 3 is 2.44 bits per heavy atom. The number of carbonyl (C=O) groups excluding carboxylic acids is 1. The molecule has 4 rings (SSSR count). The summed E-state index contributed by atoms with van der Waals surface area (Å²) in [7, 11) is -3.46. The summed E-state index contributed by atoms with van der Waals surface area (Å²) in [5.41, 5.74) is 1.63. The fourth-order valence-corrected chi connectivity index (χ4v) is 4.09. The van der Waals surface area contributed by atoms with Gasteiger partial charge in [0.05, 0.1) is 24.9 Å². The van der Waals surface area contributed by atoms with E-state index in [1.807, 2.05) is 6.92 Å². The molecule has 3 heterocycles. The summed E-state index contributed by atoms with van der Waals surface area (Å²) in [5.74, 6) is 1.23. The monoisotopic (exact) mass is 511 g/mol. The molecule has 0 bridgehead atoms. The van der Waals surface area contributed by atoms with Crippen LogP contribution >= 0.6 is 0 Å². The molecular weight excluding hydrogens is 482 g/mol. The first kappa shape index (κ1) is 25.5. The van der Waals surface area contributed by atoms with E-state index in [2.05, 4.69) is 30.5 Å². The molecule has 2 amide bonds. The van der Waals surface area contributed by atoms with E-state index in [4.69, 9.17) is 9.72 Å². The Labute approximate surface area is 210 Å². The van der Waals surface area contributed by atoms with Gasteiger partial charge in [-0.25, -0.2) is 33.1 Å². The number of ether oxygens (including phenoxy) is 1. The van der Waals surface area contributed by atoms with Crippen LogP contribution in [0.3, 0.4) is 0 Å². The summed E-state index contributed by atoms with van der Waals surface area (Å²) in [4.78, 5) is 31.7. The Morgan fingerprint density at radius 2 is 1.81 bits per heavy atom. The number of nitrogens with zero attached hydrogens (tertiary/aromatic N) is 5. The number of morpholine rings is 1. The van der Waals surface area contributed by atoms with Gasteiger partial charge in [-0.15, -0.1) is 0 Å². The Bertz CT molecular complexity index is 1330. The van der Waals surface area contributed by atoms with E-state index in [0.717, 1.165) is 0 Å². The Balaban J connectivity index is 1.64. The molecule has 2 N–H and O–H groups in total. The van der Waals surface area contributed by atoms with Gasteiger partial charge in [0.25, 0.3) is 0 Å². The minimum atomic E-state index is -3.46. The largest absolute Gasteiger partial charge is 0.377 e. The average molecular weight is 512 g/mol. The van der Waals surface area contributed by atoms with Crippen LogP contribution in [0.25, 0.3) is 11.4 Å². The van der Waals surface area contributed by atoms with Crippen molar-refractivity contribution in [1.82, 2.24) is 19.9 Å². The smallest absolute Gasteiger partial charge is 0.326 e. The third-order valence-corrected chi connectivity index (χ3v) is 8.17. The number of hydrogen-bond donors (Lipinski definition) is 2. The van der Waals surface area contributed by atoms with Crippen LogP contribution < -0.4 is 15.5 Å². The van der Waals surface area contributed by atoms with E-state index in [1.165, 1.54) is 18.6 Å². The van der Waals surface area contributed by atoms with E-state index >= 15 is 0 Å². The molecule has 0 unspecified atom stereocenters. The predicted octanol–water partition coefficient (Wildman–Crippen LogP) is 3.08. The molecule has 0 radical (unpaired) electrons. The molecule has 2 aromatic heterocycles. The zero-order valence-electron chi connectivity index (χ0n) is 20.6. The number of hydrogen-bond acceptors (Lipinski definition) is 9. The van der Waals surface area contributed by atoms with E-state index in [0.29, 0.717) is 48.3 Å². The van der Waals surface area contributed by atoms with Gasteiger partial charge in [-0.2, -0.15) is 0 Å². The molecule has 0 spiro atoms. The van der Waals surface area contributed by atoms with Crippen molar-refractivity contribution in [2.24, 2.45) is 0 Å².